The standard InChI is InChI=1S/C8H8FNO/c9-7(6-11)5-8-3-1-2-4-10-8/h1-5,11H,6H2. The molecule has 0 spiro atoms. The third-order valence-electron chi connectivity index (χ3n) is 1.14. The number of nitrogens with zero attached hydrogens (tertiary/aromatic N) is 1. The summed E-state index contributed by atoms with van der Waals surface area (Å²) < 4.78 is 12.4. The van der Waals surface area contributed by atoms with Crippen LogP contribution in [0.2, 0.25) is 0 Å². The van der Waals surface area contributed by atoms with Crippen LogP contribution in [0.3, 0.4) is 0 Å². The maximum absolute atomic E-state index is 12.4. The SMILES string of the molecule is OCC(F)=Cc1ccccn1. The van der Waals surface area contributed by atoms with E-state index in [4.69, 9.17) is 5.11 Å². The number of aromatic nitrogens is 1. The van der Waals surface area contributed by atoms with Crippen molar-refractivity contribution in [1.29, 1.82) is 0 Å². The number of aliphatic hydroxyl groups is 1. The van der Waals surface area contributed by atoms with Crippen LogP contribution in [0.1, 0.15) is 5.69 Å². The van der Waals surface area contributed by atoms with E-state index < -0.39 is 12.4 Å². The lowest BCUT2D eigenvalue weighted by molar-refractivity contribution is 0.300. The highest BCUT2D eigenvalue weighted by Gasteiger charge is 1.91. The number of rotatable bonds is 2. The van der Waals surface area contributed by atoms with Crippen LogP contribution in [0.4, 0.5) is 4.39 Å². The molecule has 11 heavy (non-hydrogen) atoms. The molecule has 2 nitrogen and oxygen atoms in total. The summed E-state index contributed by atoms with van der Waals surface area (Å²) >= 11 is 0. The highest BCUT2D eigenvalue weighted by Crippen LogP contribution is 2.02. The molecule has 1 N–H and O–H groups in total. The molecule has 1 heterocycles. The minimum absolute atomic E-state index is 0.513. The average Bonchev–Trinajstić information content (AvgIpc) is 2.06. The van der Waals surface area contributed by atoms with Gasteiger partial charge in [-0.05, 0) is 18.2 Å². The first-order valence-corrected chi connectivity index (χ1v) is 3.21. The monoisotopic (exact) mass is 153 g/mol. The smallest absolute Gasteiger partial charge is 0.127 e. The van der Waals surface area contributed by atoms with Crippen LogP contribution < -0.4 is 0 Å². The molecule has 0 fully saturated rings. The third-order valence-corrected chi connectivity index (χ3v) is 1.14. The zero-order valence-corrected chi connectivity index (χ0v) is 5.87. The lowest BCUT2D eigenvalue weighted by atomic mass is 10.3. The molecule has 0 aliphatic carbocycles. The van der Waals surface area contributed by atoms with E-state index in [1.165, 1.54) is 6.08 Å². The molecule has 0 saturated heterocycles. The first-order valence-electron chi connectivity index (χ1n) is 3.21. The lowest BCUT2D eigenvalue weighted by Crippen LogP contribution is -1.83. The highest BCUT2D eigenvalue weighted by atomic mass is 19.1. The van der Waals surface area contributed by atoms with E-state index in [2.05, 4.69) is 4.98 Å². The van der Waals surface area contributed by atoms with Gasteiger partial charge in [-0.2, -0.15) is 0 Å². The van der Waals surface area contributed by atoms with Crippen molar-refractivity contribution in [2.75, 3.05) is 6.61 Å². The average molecular weight is 153 g/mol. The Kier molecular flexibility index (Phi) is 2.74. The molecule has 0 atom stereocenters. The quantitative estimate of drug-likeness (QED) is 0.696. The van der Waals surface area contributed by atoms with E-state index in [0.29, 0.717) is 5.69 Å². The van der Waals surface area contributed by atoms with Gasteiger partial charge >= 0.3 is 0 Å². The fourth-order valence-electron chi connectivity index (χ4n) is 0.667. The van der Waals surface area contributed by atoms with Gasteiger partial charge in [-0.1, -0.05) is 6.07 Å². The Balaban J connectivity index is 2.79. The van der Waals surface area contributed by atoms with Crippen LogP contribution in [-0.4, -0.2) is 16.7 Å². The largest absolute Gasteiger partial charge is 0.389 e. The normalized spacial score (nSPS) is 11.6. The highest BCUT2D eigenvalue weighted by molar-refractivity contribution is 5.46. The van der Waals surface area contributed by atoms with E-state index in [0.717, 1.165) is 0 Å². The molecule has 0 bridgehead atoms. The molecule has 1 aromatic rings. The second-order valence-corrected chi connectivity index (χ2v) is 2.00. The van der Waals surface area contributed by atoms with Crippen molar-refractivity contribution in [3.05, 3.63) is 35.9 Å². The molecule has 0 unspecified atom stereocenters. The number of hydrogen-bond donors (Lipinski definition) is 1. The van der Waals surface area contributed by atoms with Crippen LogP contribution >= 0.6 is 0 Å². The Labute approximate surface area is 64.0 Å². The zero-order valence-electron chi connectivity index (χ0n) is 5.87. The molecule has 0 aliphatic rings. The van der Waals surface area contributed by atoms with Crippen molar-refractivity contribution in [2.24, 2.45) is 0 Å². The summed E-state index contributed by atoms with van der Waals surface area (Å²) in [6, 6.07) is 5.16. The molecule has 0 amide bonds. The zero-order chi connectivity index (χ0) is 8.10. The van der Waals surface area contributed by atoms with Gasteiger partial charge in [0.1, 0.15) is 5.83 Å². The second kappa shape index (κ2) is 3.83. The van der Waals surface area contributed by atoms with Crippen molar-refractivity contribution < 1.29 is 9.50 Å². The number of pyridine rings is 1. The molecular formula is C8H8FNO. The lowest BCUT2D eigenvalue weighted by Gasteiger charge is -1.90. The van der Waals surface area contributed by atoms with Gasteiger partial charge in [-0.15, -0.1) is 0 Å². The summed E-state index contributed by atoms with van der Waals surface area (Å²) in [6.07, 6.45) is 2.76. The van der Waals surface area contributed by atoms with Crippen LogP contribution in [0.15, 0.2) is 30.2 Å². The summed E-state index contributed by atoms with van der Waals surface area (Å²) in [5.41, 5.74) is 0.513. The topological polar surface area (TPSA) is 33.1 Å². The van der Waals surface area contributed by atoms with Crippen molar-refractivity contribution in [2.45, 2.75) is 0 Å². The van der Waals surface area contributed by atoms with Crippen molar-refractivity contribution in [1.82, 2.24) is 4.98 Å². The van der Waals surface area contributed by atoms with Crippen LogP contribution in [-0.2, 0) is 0 Å². The minimum Gasteiger partial charge on any atom is -0.389 e. The number of halogens is 1. The minimum atomic E-state index is -0.580. The van der Waals surface area contributed by atoms with E-state index in [9.17, 15) is 4.39 Å². The Hall–Kier alpha value is -1.22. The van der Waals surface area contributed by atoms with Crippen LogP contribution in [0.5, 0.6) is 0 Å². The van der Waals surface area contributed by atoms with E-state index >= 15 is 0 Å². The van der Waals surface area contributed by atoms with Gasteiger partial charge in [0.05, 0.1) is 12.3 Å². The summed E-state index contributed by atoms with van der Waals surface area (Å²) in [6.45, 7) is -0.573. The predicted molar refractivity (Wildman–Crippen MR) is 40.4 cm³/mol. The first kappa shape index (κ1) is 7.88. The van der Waals surface area contributed by atoms with Gasteiger partial charge in [0.2, 0.25) is 0 Å². The Morgan fingerprint density at radius 3 is 3.00 bits per heavy atom. The third kappa shape index (κ3) is 2.47. The summed E-state index contributed by atoms with van der Waals surface area (Å²) in [4.78, 5) is 3.84. The summed E-state index contributed by atoms with van der Waals surface area (Å²) in [7, 11) is 0. The molecule has 1 aromatic heterocycles. The Morgan fingerprint density at radius 1 is 1.64 bits per heavy atom. The molecule has 0 radical (unpaired) electrons. The maximum atomic E-state index is 12.4. The molecule has 58 valence electrons. The second-order valence-electron chi connectivity index (χ2n) is 2.00. The number of hydrogen-bond acceptors (Lipinski definition) is 2. The van der Waals surface area contributed by atoms with Gasteiger partial charge < -0.3 is 5.11 Å². The van der Waals surface area contributed by atoms with Gasteiger partial charge in [0, 0.05) is 6.20 Å². The van der Waals surface area contributed by atoms with Crippen molar-refractivity contribution in [3.8, 4) is 0 Å². The van der Waals surface area contributed by atoms with Crippen LogP contribution in [0.25, 0.3) is 6.08 Å². The predicted octanol–water partition coefficient (Wildman–Crippen LogP) is 1.38. The van der Waals surface area contributed by atoms with E-state index in [1.54, 1.807) is 24.4 Å². The van der Waals surface area contributed by atoms with Gasteiger partial charge in [0.25, 0.3) is 0 Å². The first-order chi connectivity index (χ1) is 5.33. The molecule has 0 saturated carbocycles. The maximum Gasteiger partial charge on any atom is 0.127 e. The molecular weight excluding hydrogens is 145 g/mol. The number of aliphatic hydroxyl groups excluding tert-OH is 1. The summed E-state index contributed by atoms with van der Waals surface area (Å²) in [5.74, 6) is -0.580. The molecule has 1 rings (SSSR count). The molecule has 0 aliphatic heterocycles. The fourth-order valence-corrected chi connectivity index (χ4v) is 0.667. The van der Waals surface area contributed by atoms with E-state index in [1.807, 2.05) is 0 Å². The van der Waals surface area contributed by atoms with Gasteiger partial charge in [-0.25, -0.2) is 4.39 Å². The van der Waals surface area contributed by atoms with Crippen molar-refractivity contribution >= 4 is 6.08 Å². The Morgan fingerprint density at radius 2 is 2.45 bits per heavy atom. The van der Waals surface area contributed by atoms with Gasteiger partial charge in [0.15, 0.2) is 0 Å². The Bertz CT molecular complexity index is 246. The van der Waals surface area contributed by atoms with Crippen molar-refractivity contribution in [3.63, 3.8) is 0 Å². The van der Waals surface area contributed by atoms with Gasteiger partial charge in [-0.3, -0.25) is 4.98 Å². The van der Waals surface area contributed by atoms with E-state index in [-0.39, 0.29) is 0 Å². The fraction of sp³-hybridized carbons (Fsp3) is 0.125. The molecule has 0 aromatic carbocycles. The van der Waals surface area contributed by atoms with Crippen LogP contribution in [0, 0.1) is 0 Å². The summed E-state index contributed by atoms with van der Waals surface area (Å²) in [5, 5.41) is 8.33. The molecule has 3 heteroatoms.